The van der Waals surface area contributed by atoms with Gasteiger partial charge in [0.1, 0.15) is 17.8 Å². The number of aromatic nitrogens is 3. The van der Waals surface area contributed by atoms with Crippen LogP contribution in [0.4, 0.5) is 5.82 Å². The van der Waals surface area contributed by atoms with Crippen molar-refractivity contribution in [1.29, 1.82) is 5.41 Å². The summed E-state index contributed by atoms with van der Waals surface area (Å²) in [6.45, 7) is 0. The molecule has 82 valence electrons. The van der Waals surface area contributed by atoms with Gasteiger partial charge in [-0.25, -0.2) is 0 Å². The van der Waals surface area contributed by atoms with Crippen molar-refractivity contribution < 1.29 is 0 Å². The molecule has 16 heavy (non-hydrogen) atoms. The summed E-state index contributed by atoms with van der Waals surface area (Å²) in [5, 5.41) is 18.2. The second kappa shape index (κ2) is 3.13. The molecule has 0 radical (unpaired) electrons. The Bertz CT molecular complexity index is 511. The van der Waals surface area contributed by atoms with E-state index < -0.39 is 0 Å². The van der Waals surface area contributed by atoms with Crippen LogP contribution in [0.3, 0.4) is 0 Å². The number of rotatable bonds is 1. The predicted molar refractivity (Wildman–Crippen MR) is 60.3 cm³/mol. The smallest absolute Gasteiger partial charge is 0.144 e. The van der Waals surface area contributed by atoms with Gasteiger partial charge in [0.2, 0.25) is 0 Å². The summed E-state index contributed by atoms with van der Waals surface area (Å²) < 4.78 is 0. The maximum atomic E-state index is 8.06. The van der Waals surface area contributed by atoms with Gasteiger partial charge in [0.15, 0.2) is 0 Å². The van der Waals surface area contributed by atoms with Crippen LogP contribution in [0, 0.1) is 5.41 Å². The topological polar surface area (TPSA) is 83.6 Å². The molecule has 0 fully saturated rings. The summed E-state index contributed by atoms with van der Waals surface area (Å²) in [5.41, 5.74) is 1.82. The highest BCUT2D eigenvalue weighted by atomic mass is 15.3. The van der Waals surface area contributed by atoms with Gasteiger partial charge in [-0.05, 0) is 12.1 Å². The SMILES string of the molecule is CN1C(=N)c2cc[nH]c2NC1c1ccn[nH]1. The van der Waals surface area contributed by atoms with Gasteiger partial charge in [0.25, 0.3) is 0 Å². The molecule has 1 aliphatic heterocycles. The third-order valence-electron chi connectivity index (χ3n) is 2.84. The van der Waals surface area contributed by atoms with Gasteiger partial charge in [-0.3, -0.25) is 10.5 Å². The normalized spacial score (nSPS) is 19.4. The van der Waals surface area contributed by atoms with E-state index in [1.807, 2.05) is 30.3 Å². The van der Waals surface area contributed by atoms with Crippen LogP contribution in [0.15, 0.2) is 24.5 Å². The first-order chi connectivity index (χ1) is 7.77. The van der Waals surface area contributed by atoms with E-state index in [0.29, 0.717) is 5.84 Å². The molecule has 0 bridgehead atoms. The highest BCUT2D eigenvalue weighted by Crippen LogP contribution is 2.29. The van der Waals surface area contributed by atoms with Crippen LogP contribution in [0.1, 0.15) is 17.4 Å². The Morgan fingerprint density at radius 3 is 3.06 bits per heavy atom. The van der Waals surface area contributed by atoms with Gasteiger partial charge >= 0.3 is 0 Å². The molecule has 6 nitrogen and oxygen atoms in total. The number of H-pyrrole nitrogens is 2. The highest BCUT2D eigenvalue weighted by Gasteiger charge is 2.29. The fourth-order valence-electron chi connectivity index (χ4n) is 1.94. The van der Waals surface area contributed by atoms with Crippen molar-refractivity contribution in [3.8, 4) is 0 Å². The predicted octanol–water partition coefficient (Wildman–Crippen LogP) is 1.12. The van der Waals surface area contributed by atoms with Crippen LogP contribution in [0.25, 0.3) is 0 Å². The minimum absolute atomic E-state index is 0.0823. The van der Waals surface area contributed by atoms with Gasteiger partial charge in [-0.1, -0.05) is 0 Å². The molecule has 2 aromatic rings. The van der Waals surface area contributed by atoms with Gasteiger partial charge in [-0.2, -0.15) is 5.10 Å². The van der Waals surface area contributed by atoms with E-state index >= 15 is 0 Å². The molecule has 3 rings (SSSR count). The Labute approximate surface area is 92.2 Å². The van der Waals surface area contributed by atoms with Crippen molar-refractivity contribution in [1.82, 2.24) is 20.1 Å². The van der Waals surface area contributed by atoms with Crippen molar-refractivity contribution in [3.63, 3.8) is 0 Å². The Morgan fingerprint density at radius 1 is 1.44 bits per heavy atom. The fraction of sp³-hybridized carbons (Fsp3) is 0.200. The lowest BCUT2D eigenvalue weighted by molar-refractivity contribution is 0.395. The number of nitrogens with one attached hydrogen (secondary N) is 4. The number of amidine groups is 1. The zero-order chi connectivity index (χ0) is 11.1. The summed E-state index contributed by atoms with van der Waals surface area (Å²) in [6, 6.07) is 3.79. The molecule has 4 N–H and O–H groups in total. The lowest BCUT2D eigenvalue weighted by Crippen LogP contribution is -2.40. The summed E-state index contributed by atoms with van der Waals surface area (Å²) >= 11 is 0. The first kappa shape index (κ1) is 9.02. The van der Waals surface area contributed by atoms with E-state index in [-0.39, 0.29) is 6.17 Å². The summed E-state index contributed by atoms with van der Waals surface area (Å²) in [4.78, 5) is 4.95. The van der Waals surface area contributed by atoms with Crippen molar-refractivity contribution in [2.75, 3.05) is 12.4 Å². The monoisotopic (exact) mass is 216 g/mol. The Morgan fingerprint density at radius 2 is 2.31 bits per heavy atom. The van der Waals surface area contributed by atoms with E-state index in [1.54, 1.807) is 6.20 Å². The summed E-state index contributed by atoms with van der Waals surface area (Å²) in [6.07, 6.45) is 3.45. The Hall–Kier alpha value is -2.24. The van der Waals surface area contributed by atoms with Crippen molar-refractivity contribution >= 4 is 11.7 Å². The van der Waals surface area contributed by atoms with Crippen LogP contribution in [-0.4, -0.2) is 33.0 Å². The van der Waals surface area contributed by atoms with Crippen LogP contribution in [-0.2, 0) is 0 Å². The van der Waals surface area contributed by atoms with E-state index in [0.717, 1.165) is 17.1 Å². The molecule has 0 aromatic carbocycles. The quantitative estimate of drug-likeness (QED) is 0.576. The molecule has 2 aromatic heterocycles. The molecule has 1 atom stereocenters. The Balaban J connectivity index is 2.03. The number of anilines is 1. The summed E-state index contributed by atoms with van der Waals surface area (Å²) in [7, 11) is 1.89. The van der Waals surface area contributed by atoms with E-state index in [9.17, 15) is 0 Å². The molecule has 0 saturated heterocycles. The minimum Gasteiger partial charge on any atom is -0.348 e. The lowest BCUT2D eigenvalue weighted by atomic mass is 10.1. The minimum atomic E-state index is -0.0823. The molecule has 1 unspecified atom stereocenters. The summed E-state index contributed by atoms with van der Waals surface area (Å²) in [5.74, 6) is 1.37. The molecule has 0 aliphatic carbocycles. The first-order valence-corrected chi connectivity index (χ1v) is 5.02. The molecular weight excluding hydrogens is 204 g/mol. The van der Waals surface area contributed by atoms with Gasteiger partial charge in [0, 0.05) is 19.4 Å². The van der Waals surface area contributed by atoms with Crippen LogP contribution < -0.4 is 5.32 Å². The van der Waals surface area contributed by atoms with Crippen LogP contribution in [0.2, 0.25) is 0 Å². The molecule has 0 spiro atoms. The van der Waals surface area contributed by atoms with Gasteiger partial charge in [-0.15, -0.1) is 0 Å². The largest absolute Gasteiger partial charge is 0.348 e. The van der Waals surface area contributed by atoms with Crippen molar-refractivity contribution in [2.45, 2.75) is 6.17 Å². The first-order valence-electron chi connectivity index (χ1n) is 5.02. The molecule has 0 amide bonds. The van der Waals surface area contributed by atoms with Gasteiger partial charge < -0.3 is 15.2 Å². The zero-order valence-corrected chi connectivity index (χ0v) is 8.78. The van der Waals surface area contributed by atoms with Crippen LogP contribution >= 0.6 is 0 Å². The average Bonchev–Trinajstić information content (AvgIpc) is 2.92. The number of hydrogen-bond acceptors (Lipinski definition) is 3. The van der Waals surface area contributed by atoms with E-state index in [1.165, 1.54) is 0 Å². The standard InChI is InChI=1S/C10H12N6/c1-16-8(11)6-2-4-12-9(6)14-10(16)7-3-5-13-15-7/h2-5,10-12,14H,1H3,(H,13,15). The third-order valence-corrected chi connectivity index (χ3v) is 2.84. The highest BCUT2D eigenvalue weighted by molar-refractivity contribution is 6.02. The maximum Gasteiger partial charge on any atom is 0.144 e. The molecule has 0 saturated carbocycles. The van der Waals surface area contributed by atoms with E-state index in [2.05, 4.69) is 20.5 Å². The number of hydrogen-bond donors (Lipinski definition) is 4. The second-order valence-electron chi connectivity index (χ2n) is 3.78. The number of aromatic amines is 2. The average molecular weight is 216 g/mol. The van der Waals surface area contributed by atoms with Gasteiger partial charge in [0.05, 0.1) is 11.3 Å². The second-order valence-corrected chi connectivity index (χ2v) is 3.78. The molecule has 1 aliphatic rings. The number of fused-ring (bicyclic) bond motifs is 1. The number of nitrogens with zero attached hydrogens (tertiary/aromatic N) is 2. The molecule has 6 heteroatoms. The molecule has 3 heterocycles. The zero-order valence-electron chi connectivity index (χ0n) is 8.78. The van der Waals surface area contributed by atoms with Crippen molar-refractivity contribution in [2.24, 2.45) is 0 Å². The van der Waals surface area contributed by atoms with Crippen molar-refractivity contribution in [3.05, 3.63) is 35.8 Å². The fourth-order valence-corrected chi connectivity index (χ4v) is 1.94. The van der Waals surface area contributed by atoms with E-state index in [4.69, 9.17) is 5.41 Å². The molecular formula is C10H12N6. The third kappa shape index (κ3) is 1.13. The Kier molecular flexibility index (Phi) is 1.76. The van der Waals surface area contributed by atoms with Crippen LogP contribution in [0.5, 0.6) is 0 Å². The lowest BCUT2D eigenvalue weighted by Gasteiger charge is -2.34. The maximum absolute atomic E-state index is 8.06.